The quantitative estimate of drug-likeness (QED) is 0.655. The molecule has 2 heterocycles. The van der Waals surface area contributed by atoms with Gasteiger partial charge < -0.3 is 9.64 Å². The molecule has 2 atom stereocenters. The van der Waals surface area contributed by atoms with Crippen LogP contribution in [-0.4, -0.2) is 60.4 Å². The summed E-state index contributed by atoms with van der Waals surface area (Å²) in [5.41, 5.74) is -0.322. The standard InChI is InChI=1S/C25H34N2O4/c1-31-21-13-8-14-26(18-21)22(28)15-25(20-11-6-3-7-12-20)16-23(29)27(24(25)30)17-19-9-4-2-5-10-19/h3,6-7,11-12,19,21H,2,4-5,8-10,13-18H2,1H3. The van der Waals surface area contributed by atoms with Crippen LogP contribution >= 0.6 is 0 Å². The third kappa shape index (κ3) is 4.54. The van der Waals surface area contributed by atoms with Crippen molar-refractivity contribution in [3.05, 3.63) is 35.9 Å². The zero-order chi connectivity index (χ0) is 21.8. The maximum absolute atomic E-state index is 13.8. The molecule has 4 rings (SSSR count). The highest BCUT2D eigenvalue weighted by atomic mass is 16.5. The van der Waals surface area contributed by atoms with Crippen molar-refractivity contribution in [2.45, 2.75) is 69.3 Å². The van der Waals surface area contributed by atoms with Crippen molar-refractivity contribution >= 4 is 17.7 Å². The van der Waals surface area contributed by atoms with Crippen LogP contribution in [0.5, 0.6) is 0 Å². The largest absolute Gasteiger partial charge is 0.380 e. The summed E-state index contributed by atoms with van der Waals surface area (Å²) < 4.78 is 5.47. The first-order valence-corrected chi connectivity index (χ1v) is 11.7. The molecule has 0 radical (unpaired) electrons. The Kier molecular flexibility index (Phi) is 6.75. The predicted molar refractivity (Wildman–Crippen MR) is 117 cm³/mol. The molecule has 2 unspecified atom stereocenters. The van der Waals surface area contributed by atoms with Crippen LogP contribution in [0.4, 0.5) is 0 Å². The Hall–Kier alpha value is -2.21. The lowest BCUT2D eigenvalue weighted by atomic mass is 9.75. The molecule has 3 aliphatic rings. The van der Waals surface area contributed by atoms with Crippen LogP contribution in [0, 0.1) is 5.92 Å². The zero-order valence-corrected chi connectivity index (χ0v) is 18.6. The lowest BCUT2D eigenvalue weighted by molar-refractivity contribution is -0.144. The SMILES string of the molecule is COC1CCCN(C(=O)CC2(c3ccccc3)CC(=O)N(CC3CCCCC3)C2=O)C1. The topological polar surface area (TPSA) is 66.9 Å². The first-order chi connectivity index (χ1) is 15.0. The Balaban J connectivity index is 1.58. The number of likely N-dealkylation sites (tertiary alicyclic amines) is 2. The molecule has 168 valence electrons. The highest BCUT2D eigenvalue weighted by molar-refractivity contribution is 6.10. The molecule has 1 saturated carbocycles. The summed E-state index contributed by atoms with van der Waals surface area (Å²) in [6.45, 7) is 1.72. The number of benzene rings is 1. The number of hydrogen-bond acceptors (Lipinski definition) is 4. The van der Waals surface area contributed by atoms with E-state index < -0.39 is 5.41 Å². The highest BCUT2D eigenvalue weighted by Gasteiger charge is 2.54. The van der Waals surface area contributed by atoms with Crippen LogP contribution in [0.25, 0.3) is 0 Å². The van der Waals surface area contributed by atoms with Gasteiger partial charge in [-0.3, -0.25) is 19.3 Å². The minimum atomic E-state index is -1.09. The van der Waals surface area contributed by atoms with Gasteiger partial charge in [0.1, 0.15) is 0 Å². The Labute approximate surface area is 184 Å². The predicted octanol–water partition coefficient (Wildman–Crippen LogP) is 3.29. The van der Waals surface area contributed by atoms with Crippen molar-refractivity contribution in [1.82, 2.24) is 9.80 Å². The van der Waals surface area contributed by atoms with Crippen LogP contribution in [-0.2, 0) is 24.5 Å². The fourth-order valence-electron chi connectivity index (χ4n) is 5.56. The number of carbonyl (C=O) groups excluding carboxylic acids is 3. The molecule has 0 N–H and O–H groups in total. The minimum Gasteiger partial charge on any atom is -0.380 e. The van der Waals surface area contributed by atoms with Gasteiger partial charge in [0.15, 0.2) is 0 Å². The van der Waals surface area contributed by atoms with E-state index in [1.807, 2.05) is 35.2 Å². The van der Waals surface area contributed by atoms with E-state index in [0.717, 1.165) is 31.2 Å². The Bertz CT molecular complexity index is 805. The first-order valence-electron chi connectivity index (χ1n) is 11.7. The lowest BCUT2D eigenvalue weighted by Crippen LogP contribution is -2.47. The number of rotatable bonds is 6. The summed E-state index contributed by atoms with van der Waals surface area (Å²) in [6.07, 6.45) is 7.70. The second-order valence-corrected chi connectivity index (χ2v) is 9.45. The number of piperidine rings is 1. The lowest BCUT2D eigenvalue weighted by Gasteiger charge is -2.35. The first kappa shape index (κ1) is 22.0. The van der Waals surface area contributed by atoms with Crippen LogP contribution in [0.1, 0.15) is 63.4 Å². The van der Waals surface area contributed by atoms with E-state index >= 15 is 0 Å². The second kappa shape index (κ2) is 9.51. The maximum Gasteiger partial charge on any atom is 0.240 e. The molecule has 2 aliphatic heterocycles. The summed E-state index contributed by atoms with van der Waals surface area (Å²) in [5, 5.41) is 0. The molecule has 1 aromatic rings. The number of ether oxygens (including phenoxy) is 1. The zero-order valence-electron chi connectivity index (χ0n) is 18.6. The maximum atomic E-state index is 13.8. The third-order valence-electron chi connectivity index (χ3n) is 7.42. The average Bonchev–Trinajstić information content (AvgIpc) is 3.05. The number of amides is 3. The summed E-state index contributed by atoms with van der Waals surface area (Å²) >= 11 is 0. The van der Waals surface area contributed by atoms with E-state index in [9.17, 15) is 14.4 Å². The van der Waals surface area contributed by atoms with Crippen molar-refractivity contribution in [2.24, 2.45) is 5.92 Å². The van der Waals surface area contributed by atoms with Gasteiger partial charge in [-0.2, -0.15) is 0 Å². The van der Waals surface area contributed by atoms with Gasteiger partial charge in [0.25, 0.3) is 0 Å². The molecule has 0 spiro atoms. The molecule has 31 heavy (non-hydrogen) atoms. The molecule has 6 heteroatoms. The molecule has 1 aromatic carbocycles. The number of nitrogens with zero attached hydrogens (tertiary/aromatic N) is 2. The molecule has 3 fully saturated rings. The molecule has 3 amide bonds. The van der Waals surface area contributed by atoms with E-state index in [0.29, 0.717) is 25.6 Å². The summed E-state index contributed by atoms with van der Waals surface area (Å²) in [5.74, 6) is -0.0108. The smallest absolute Gasteiger partial charge is 0.240 e. The summed E-state index contributed by atoms with van der Waals surface area (Å²) in [7, 11) is 1.67. The van der Waals surface area contributed by atoms with E-state index in [1.165, 1.54) is 24.2 Å². The highest BCUT2D eigenvalue weighted by Crippen LogP contribution is 2.41. The molecule has 0 aromatic heterocycles. The number of hydrogen-bond donors (Lipinski definition) is 0. The molecular formula is C25H34N2O4. The third-order valence-corrected chi connectivity index (χ3v) is 7.42. The van der Waals surface area contributed by atoms with Gasteiger partial charge in [-0.05, 0) is 37.2 Å². The van der Waals surface area contributed by atoms with Gasteiger partial charge in [-0.25, -0.2) is 0 Å². The summed E-state index contributed by atoms with van der Waals surface area (Å²) in [6, 6.07) is 9.43. The van der Waals surface area contributed by atoms with Crippen molar-refractivity contribution < 1.29 is 19.1 Å². The van der Waals surface area contributed by atoms with E-state index in [2.05, 4.69) is 0 Å². The van der Waals surface area contributed by atoms with Gasteiger partial charge in [0.2, 0.25) is 17.7 Å². The van der Waals surface area contributed by atoms with E-state index in [-0.39, 0.29) is 36.7 Å². The van der Waals surface area contributed by atoms with Gasteiger partial charge >= 0.3 is 0 Å². The molecule has 0 bridgehead atoms. The van der Waals surface area contributed by atoms with E-state index in [1.54, 1.807) is 7.11 Å². The molecule has 1 aliphatic carbocycles. The van der Waals surface area contributed by atoms with Crippen LogP contribution in [0.3, 0.4) is 0 Å². The number of imide groups is 1. The van der Waals surface area contributed by atoms with Gasteiger partial charge in [-0.15, -0.1) is 0 Å². The minimum absolute atomic E-state index is 0.0362. The van der Waals surface area contributed by atoms with Gasteiger partial charge in [-0.1, -0.05) is 49.6 Å². The second-order valence-electron chi connectivity index (χ2n) is 9.45. The average molecular weight is 427 g/mol. The van der Waals surface area contributed by atoms with Crippen molar-refractivity contribution in [1.29, 1.82) is 0 Å². The Morgan fingerprint density at radius 3 is 2.52 bits per heavy atom. The Morgan fingerprint density at radius 2 is 1.81 bits per heavy atom. The number of methoxy groups -OCH3 is 1. The normalized spacial score (nSPS) is 27.7. The van der Waals surface area contributed by atoms with Crippen molar-refractivity contribution in [3.8, 4) is 0 Å². The van der Waals surface area contributed by atoms with Gasteiger partial charge in [0, 0.05) is 39.6 Å². The number of carbonyl (C=O) groups is 3. The summed E-state index contributed by atoms with van der Waals surface area (Å²) in [4.78, 5) is 43.4. The van der Waals surface area contributed by atoms with E-state index in [4.69, 9.17) is 4.74 Å². The van der Waals surface area contributed by atoms with Crippen LogP contribution in [0.15, 0.2) is 30.3 Å². The van der Waals surface area contributed by atoms with Crippen molar-refractivity contribution in [2.75, 3.05) is 26.7 Å². The van der Waals surface area contributed by atoms with Crippen LogP contribution < -0.4 is 0 Å². The molecule has 6 nitrogen and oxygen atoms in total. The fraction of sp³-hybridized carbons (Fsp3) is 0.640. The Morgan fingerprint density at radius 1 is 1.06 bits per heavy atom. The molecular weight excluding hydrogens is 392 g/mol. The van der Waals surface area contributed by atoms with Crippen LogP contribution in [0.2, 0.25) is 0 Å². The molecule has 2 saturated heterocycles. The van der Waals surface area contributed by atoms with Crippen molar-refractivity contribution in [3.63, 3.8) is 0 Å². The fourth-order valence-corrected chi connectivity index (χ4v) is 5.56. The van der Waals surface area contributed by atoms with Gasteiger partial charge in [0.05, 0.1) is 11.5 Å². The monoisotopic (exact) mass is 426 g/mol.